The van der Waals surface area contributed by atoms with Crippen molar-refractivity contribution in [1.29, 1.82) is 0 Å². The monoisotopic (exact) mass is 272 g/mol. The Kier molecular flexibility index (Phi) is 2.87. The van der Waals surface area contributed by atoms with E-state index in [9.17, 15) is 8.78 Å². The molecule has 0 unspecified atom stereocenters. The summed E-state index contributed by atoms with van der Waals surface area (Å²) >= 11 is 9.36. The van der Waals surface area contributed by atoms with Gasteiger partial charge in [-0.3, -0.25) is 0 Å². The molecule has 0 aromatic carbocycles. The number of hydrogen-bond donors (Lipinski definition) is 0. The van der Waals surface area contributed by atoms with E-state index in [0.717, 1.165) is 5.69 Å². The summed E-state index contributed by atoms with van der Waals surface area (Å²) in [6.07, 6.45) is 3.36. The third-order valence-corrected chi connectivity index (χ3v) is 3.49. The van der Waals surface area contributed by atoms with Gasteiger partial charge in [-0.25, -0.2) is 0 Å². The zero-order valence-corrected chi connectivity index (χ0v) is 10.9. The number of alkyl halides is 2. The molecule has 0 N–H and O–H groups in total. The van der Waals surface area contributed by atoms with Crippen molar-refractivity contribution >= 4 is 41.1 Å². The van der Waals surface area contributed by atoms with Crippen LogP contribution < -0.4 is 9.47 Å². The van der Waals surface area contributed by atoms with Crippen LogP contribution in [0.3, 0.4) is 0 Å². The molecular weight excluding hydrogens is 262 g/mol. The van der Waals surface area contributed by atoms with Crippen LogP contribution in [0.25, 0.3) is 5.70 Å². The first kappa shape index (κ1) is 12.3. The first-order valence-electron chi connectivity index (χ1n) is 4.89. The molecule has 2 rings (SSSR count). The van der Waals surface area contributed by atoms with Crippen molar-refractivity contribution < 1.29 is 13.3 Å². The minimum absolute atomic E-state index is 0.255. The van der Waals surface area contributed by atoms with Gasteiger partial charge in [0.25, 0.3) is 5.92 Å². The van der Waals surface area contributed by atoms with E-state index in [4.69, 9.17) is 0 Å². The quantitative estimate of drug-likeness (QED) is 0.460. The number of rotatable bonds is 2. The van der Waals surface area contributed by atoms with E-state index in [1.54, 1.807) is 12.4 Å². The predicted molar refractivity (Wildman–Crippen MR) is 69.1 cm³/mol. The van der Waals surface area contributed by atoms with E-state index in [-0.39, 0.29) is 15.5 Å². The van der Waals surface area contributed by atoms with Crippen LogP contribution in [0.4, 0.5) is 14.5 Å². The van der Waals surface area contributed by atoms with Crippen LogP contribution in [-0.2, 0) is 12.6 Å². The van der Waals surface area contributed by atoms with Gasteiger partial charge in [-0.15, -0.1) is 0 Å². The van der Waals surface area contributed by atoms with E-state index >= 15 is 0 Å². The fraction of sp³-hybridized carbons (Fsp3) is 0.273. The van der Waals surface area contributed by atoms with Gasteiger partial charge in [0.05, 0.1) is 0 Å². The minimum Gasteiger partial charge on any atom is -0.771 e. The minimum atomic E-state index is -3.10. The fourth-order valence-corrected chi connectivity index (χ4v) is 2.29. The molecule has 0 atom stereocenters. The van der Waals surface area contributed by atoms with E-state index in [0.29, 0.717) is 0 Å². The van der Waals surface area contributed by atoms with Crippen LogP contribution in [0.2, 0.25) is 0 Å². The highest BCUT2D eigenvalue weighted by atomic mass is 32.1. The maximum atomic E-state index is 13.1. The second kappa shape index (κ2) is 3.96. The lowest BCUT2D eigenvalue weighted by atomic mass is 10.00. The van der Waals surface area contributed by atoms with Gasteiger partial charge in [0.1, 0.15) is 0 Å². The molecule has 2 nitrogen and oxygen atoms in total. The second-order valence-corrected chi connectivity index (χ2v) is 4.76. The summed E-state index contributed by atoms with van der Waals surface area (Å²) in [6.45, 7) is 0. The van der Waals surface area contributed by atoms with Gasteiger partial charge in [0.15, 0.2) is 17.3 Å². The third-order valence-electron chi connectivity index (χ3n) is 2.59. The number of allylic oxidation sites excluding steroid dienone is 2. The average Bonchev–Trinajstić information content (AvgIpc) is 2.30. The first-order valence-corrected chi connectivity index (χ1v) is 5.70. The number of thiocarbonyl (C=S) groups is 1. The van der Waals surface area contributed by atoms with Gasteiger partial charge in [0, 0.05) is 31.9 Å². The lowest BCUT2D eigenvalue weighted by Gasteiger charge is -2.34. The molecule has 90 valence electrons. The van der Waals surface area contributed by atoms with Crippen LogP contribution in [0, 0.1) is 0 Å². The molecule has 1 aliphatic rings. The number of nitrogens with zero attached hydrogens (tertiary/aromatic N) is 2. The maximum Gasteiger partial charge on any atom is 0.297 e. The molecule has 0 fully saturated rings. The Labute approximate surface area is 109 Å². The van der Waals surface area contributed by atoms with Crippen LogP contribution in [0.1, 0.15) is 0 Å². The molecule has 1 aromatic rings. The molecular formula is C11H10F2N2S2. The number of aromatic nitrogens is 1. The first-order chi connectivity index (χ1) is 7.85. The Morgan fingerprint density at radius 2 is 1.82 bits per heavy atom. The van der Waals surface area contributed by atoms with Gasteiger partial charge in [0.2, 0.25) is 5.70 Å². The molecule has 0 saturated carbocycles. The zero-order valence-electron chi connectivity index (χ0n) is 9.28. The van der Waals surface area contributed by atoms with Crippen LogP contribution in [0.15, 0.2) is 29.4 Å². The van der Waals surface area contributed by atoms with E-state index in [2.05, 4.69) is 24.8 Å². The van der Waals surface area contributed by atoms with E-state index < -0.39 is 5.92 Å². The van der Waals surface area contributed by atoms with E-state index in [1.165, 1.54) is 4.57 Å². The predicted octanol–water partition coefficient (Wildman–Crippen LogP) is 1.77. The molecule has 1 aliphatic carbocycles. The largest absolute Gasteiger partial charge is 0.771 e. The Bertz CT molecular complexity index is 507. The molecule has 17 heavy (non-hydrogen) atoms. The number of halogens is 2. The summed E-state index contributed by atoms with van der Waals surface area (Å²) in [5.41, 5.74) is 1.23. The summed E-state index contributed by atoms with van der Waals surface area (Å²) in [5, 5.41) is 0. The molecule has 1 aromatic heterocycles. The molecule has 6 heteroatoms. The van der Waals surface area contributed by atoms with Gasteiger partial charge < -0.3 is 17.5 Å². The van der Waals surface area contributed by atoms with Crippen molar-refractivity contribution in [2.45, 2.75) is 5.92 Å². The molecule has 0 amide bonds. The van der Waals surface area contributed by atoms with E-state index in [1.807, 2.05) is 31.1 Å². The third kappa shape index (κ3) is 1.81. The van der Waals surface area contributed by atoms with Crippen LogP contribution >= 0.6 is 12.2 Å². The Hall–Kier alpha value is -1.14. The maximum absolute atomic E-state index is 13.1. The Morgan fingerprint density at radius 1 is 1.29 bits per heavy atom. The van der Waals surface area contributed by atoms with Crippen molar-refractivity contribution in [3.8, 4) is 0 Å². The normalized spacial score (nSPS) is 18.0. The van der Waals surface area contributed by atoms with Gasteiger partial charge in [-0.1, -0.05) is 12.2 Å². The molecule has 1 heterocycles. The second-order valence-electron chi connectivity index (χ2n) is 3.94. The van der Waals surface area contributed by atoms with Gasteiger partial charge in [-0.2, -0.15) is 13.3 Å². The Morgan fingerprint density at radius 3 is 2.24 bits per heavy atom. The van der Waals surface area contributed by atoms with Gasteiger partial charge >= 0.3 is 0 Å². The highest BCUT2D eigenvalue weighted by Gasteiger charge is 2.51. The number of hydrogen-bond acceptors (Lipinski definition) is 3. The number of anilines is 1. The lowest BCUT2D eigenvalue weighted by Crippen LogP contribution is -2.52. The summed E-state index contributed by atoms with van der Waals surface area (Å²) in [4.78, 5) is 1.15. The van der Waals surface area contributed by atoms with Crippen LogP contribution in [-0.4, -0.2) is 24.9 Å². The average molecular weight is 272 g/mol. The van der Waals surface area contributed by atoms with Crippen molar-refractivity contribution in [2.24, 2.45) is 0 Å². The zero-order chi connectivity index (χ0) is 12.8. The van der Waals surface area contributed by atoms with Crippen molar-refractivity contribution in [3.63, 3.8) is 0 Å². The SMILES string of the molecule is CN(C)c1cc[n+](C2=C([S-])C(F)(F)C2=S)cc1. The number of pyridine rings is 1. The van der Waals surface area contributed by atoms with Crippen LogP contribution in [0.5, 0.6) is 0 Å². The molecule has 0 spiro atoms. The molecule has 0 bridgehead atoms. The Balaban J connectivity index is 2.38. The highest BCUT2D eigenvalue weighted by molar-refractivity contribution is 7.82. The van der Waals surface area contributed by atoms with Crippen molar-refractivity contribution in [1.82, 2.24) is 0 Å². The lowest BCUT2D eigenvalue weighted by molar-refractivity contribution is -0.578. The smallest absolute Gasteiger partial charge is 0.297 e. The highest BCUT2D eigenvalue weighted by Crippen LogP contribution is 2.40. The topological polar surface area (TPSA) is 7.12 Å². The summed E-state index contributed by atoms with van der Waals surface area (Å²) < 4.78 is 27.8. The standard InChI is InChI=1S/C11H10F2N2S2/c1-14(2)7-3-5-15(6-4-7)8-9(16)11(12,13)10(8)17/h3-6H,1-2H3. The molecule has 0 radical (unpaired) electrons. The summed E-state index contributed by atoms with van der Waals surface area (Å²) in [6, 6.07) is 3.63. The molecule has 0 aliphatic heterocycles. The van der Waals surface area contributed by atoms with Crippen molar-refractivity contribution in [2.75, 3.05) is 19.0 Å². The summed E-state index contributed by atoms with van der Waals surface area (Å²) in [7, 11) is 3.80. The fourth-order valence-electron chi connectivity index (χ4n) is 1.54. The van der Waals surface area contributed by atoms with Gasteiger partial charge in [-0.05, 0) is 4.91 Å². The summed E-state index contributed by atoms with van der Waals surface area (Å²) in [5.74, 6) is -3.10. The van der Waals surface area contributed by atoms with Crippen molar-refractivity contribution in [3.05, 3.63) is 29.4 Å². The molecule has 0 saturated heterocycles.